The maximum absolute atomic E-state index is 12.3. The summed E-state index contributed by atoms with van der Waals surface area (Å²) in [6.45, 7) is 6.14. The summed E-state index contributed by atoms with van der Waals surface area (Å²) in [6.07, 6.45) is -0.900. The Morgan fingerprint density at radius 1 is 1.43 bits per heavy atom. The standard InChI is InChI=1S/C17H22N2O4/c1-10(2)9-23-12-3-4-13-14(5-12)16(20)18-6-11-7-19(17(21)22)8-15(11)13/h3-5,10-11,15H,6-9H2,1-2H3,(H,18,20)(H,21,22)/t11-,15-/m0/s1. The highest BCUT2D eigenvalue weighted by Crippen LogP contribution is 2.37. The fourth-order valence-corrected chi connectivity index (χ4v) is 3.31. The van der Waals surface area contributed by atoms with Gasteiger partial charge in [-0.2, -0.15) is 0 Å². The van der Waals surface area contributed by atoms with E-state index in [9.17, 15) is 14.7 Å². The topological polar surface area (TPSA) is 78.9 Å². The number of nitrogens with one attached hydrogen (secondary N) is 1. The molecule has 0 unspecified atom stereocenters. The highest BCUT2D eigenvalue weighted by atomic mass is 16.5. The molecule has 124 valence electrons. The Bertz CT molecular complexity index is 629. The fraction of sp³-hybridized carbons (Fsp3) is 0.529. The molecule has 2 atom stereocenters. The lowest BCUT2D eigenvalue weighted by Gasteiger charge is -2.17. The maximum Gasteiger partial charge on any atom is 0.407 e. The molecule has 1 fully saturated rings. The lowest BCUT2D eigenvalue weighted by atomic mass is 9.87. The summed E-state index contributed by atoms with van der Waals surface area (Å²) in [5, 5.41) is 12.1. The van der Waals surface area contributed by atoms with Crippen LogP contribution < -0.4 is 10.1 Å². The average molecular weight is 318 g/mol. The molecule has 0 radical (unpaired) electrons. The van der Waals surface area contributed by atoms with Gasteiger partial charge >= 0.3 is 6.09 Å². The van der Waals surface area contributed by atoms with Gasteiger partial charge in [0.1, 0.15) is 5.75 Å². The number of amides is 2. The van der Waals surface area contributed by atoms with Gasteiger partial charge in [-0.05, 0) is 23.6 Å². The van der Waals surface area contributed by atoms with Crippen LogP contribution >= 0.6 is 0 Å². The van der Waals surface area contributed by atoms with E-state index in [1.165, 1.54) is 4.90 Å². The van der Waals surface area contributed by atoms with Crippen molar-refractivity contribution < 1.29 is 19.4 Å². The van der Waals surface area contributed by atoms with Crippen LogP contribution in [-0.4, -0.2) is 48.2 Å². The van der Waals surface area contributed by atoms with Crippen molar-refractivity contribution in [1.82, 2.24) is 10.2 Å². The minimum atomic E-state index is -0.900. The molecule has 0 aliphatic carbocycles. The fourth-order valence-electron chi connectivity index (χ4n) is 3.31. The summed E-state index contributed by atoms with van der Waals surface area (Å²) in [6, 6.07) is 5.57. The second kappa shape index (κ2) is 6.10. The molecular weight excluding hydrogens is 296 g/mol. The number of hydrogen-bond donors (Lipinski definition) is 2. The number of likely N-dealkylation sites (tertiary alicyclic amines) is 1. The van der Waals surface area contributed by atoms with Gasteiger partial charge in [0.2, 0.25) is 0 Å². The normalized spacial score (nSPS) is 23.1. The van der Waals surface area contributed by atoms with E-state index >= 15 is 0 Å². The van der Waals surface area contributed by atoms with Crippen molar-refractivity contribution in [3.63, 3.8) is 0 Å². The summed E-state index contributed by atoms with van der Waals surface area (Å²) in [5.74, 6) is 1.16. The van der Waals surface area contributed by atoms with Crippen LogP contribution in [0.3, 0.4) is 0 Å². The number of ether oxygens (including phenoxy) is 1. The van der Waals surface area contributed by atoms with E-state index in [2.05, 4.69) is 19.2 Å². The van der Waals surface area contributed by atoms with Gasteiger partial charge in [0.15, 0.2) is 0 Å². The number of hydrogen-bond acceptors (Lipinski definition) is 3. The minimum Gasteiger partial charge on any atom is -0.493 e. The number of fused-ring (bicyclic) bond motifs is 3. The predicted octanol–water partition coefficient (Wildman–Crippen LogP) is 2.16. The van der Waals surface area contributed by atoms with E-state index in [0.29, 0.717) is 43.5 Å². The van der Waals surface area contributed by atoms with E-state index in [4.69, 9.17) is 4.74 Å². The molecule has 2 amide bonds. The van der Waals surface area contributed by atoms with Gasteiger partial charge in [0.05, 0.1) is 6.61 Å². The molecule has 23 heavy (non-hydrogen) atoms. The van der Waals surface area contributed by atoms with Gasteiger partial charge in [-0.15, -0.1) is 0 Å². The number of carbonyl (C=O) groups is 2. The third-order valence-electron chi connectivity index (χ3n) is 4.49. The number of rotatable bonds is 3. The zero-order valence-corrected chi connectivity index (χ0v) is 13.4. The SMILES string of the molecule is CC(C)COc1ccc2c(c1)C(=O)NC[C@H]1CN(C(=O)O)C[C@H]21. The largest absolute Gasteiger partial charge is 0.493 e. The summed E-state index contributed by atoms with van der Waals surface area (Å²) >= 11 is 0. The third kappa shape index (κ3) is 3.11. The van der Waals surface area contributed by atoms with E-state index < -0.39 is 6.09 Å². The van der Waals surface area contributed by atoms with E-state index in [0.717, 1.165) is 5.56 Å². The first-order valence-electron chi connectivity index (χ1n) is 7.98. The average Bonchev–Trinajstić information content (AvgIpc) is 2.89. The Balaban J connectivity index is 1.89. The van der Waals surface area contributed by atoms with Crippen LogP contribution in [0.5, 0.6) is 5.75 Å². The molecule has 1 saturated heterocycles. The van der Waals surface area contributed by atoms with Crippen LogP contribution in [0.15, 0.2) is 18.2 Å². The van der Waals surface area contributed by atoms with Crippen LogP contribution in [0.4, 0.5) is 4.79 Å². The smallest absolute Gasteiger partial charge is 0.407 e. The molecule has 2 aliphatic rings. The number of benzene rings is 1. The molecule has 0 bridgehead atoms. The number of nitrogens with zero attached hydrogens (tertiary/aromatic N) is 1. The quantitative estimate of drug-likeness (QED) is 0.895. The van der Waals surface area contributed by atoms with E-state index in [1.54, 1.807) is 6.07 Å². The zero-order valence-electron chi connectivity index (χ0n) is 13.4. The second-order valence-electron chi connectivity index (χ2n) is 6.72. The summed E-state index contributed by atoms with van der Waals surface area (Å²) < 4.78 is 5.71. The Kier molecular flexibility index (Phi) is 4.15. The van der Waals surface area contributed by atoms with E-state index in [-0.39, 0.29) is 17.7 Å². The number of carboxylic acid groups (broad SMARTS) is 1. The highest BCUT2D eigenvalue weighted by molar-refractivity contribution is 5.96. The van der Waals surface area contributed by atoms with Crippen LogP contribution in [0.1, 0.15) is 35.7 Å². The molecule has 2 heterocycles. The van der Waals surface area contributed by atoms with Crippen molar-refractivity contribution in [3.8, 4) is 5.75 Å². The molecule has 0 spiro atoms. The second-order valence-corrected chi connectivity index (χ2v) is 6.72. The van der Waals surface area contributed by atoms with Gasteiger partial charge < -0.3 is 20.1 Å². The molecule has 2 aliphatic heterocycles. The first-order valence-corrected chi connectivity index (χ1v) is 7.98. The molecule has 6 heteroatoms. The molecule has 1 aromatic rings. The highest BCUT2D eigenvalue weighted by Gasteiger charge is 2.39. The molecule has 6 nitrogen and oxygen atoms in total. The maximum atomic E-state index is 12.3. The monoisotopic (exact) mass is 318 g/mol. The van der Waals surface area contributed by atoms with E-state index in [1.807, 2.05) is 12.1 Å². The molecular formula is C17H22N2O4. The Hall–Kier alpha value is -2.24. The summed E-state index contributed by atoms with van der Waals surface area (Å²) in [7, 11) is 0. The van der Waals surface area contributed by atoms with Crippen LogP contribution in [-0.2, 0) is 0 Å². The zero-order chi connectivity index (χ0) is 16.6. The van der Waals surface area contributed by atoms with Gasteiger partial charge in [-0.25, -0.2) is 4.79 Å². The molecule has 0 saturated carbocycles. The number of carbonyl (C=O) groups excluding carboxylic acids is 1. The van der Waals surface area contributed by atoms with Crippen molar-refractivity contribution in [2.24, 2.45) is 11.8 Å². The predicted molar refractivity (Wildman–Crippen MR) is 84.9 cm³/mol. The first-order chi connectivity index (χ1) is 11.0. The lowest BCUT2D eigenvalue weighted by molar-refractivity contribution is 0.0951. The molecule has 1 aromatic carbocycles. The Morgan fingerprint density at radius 2 is 2.22 bits per heavy atom. The molecule has 2 N–H and O–H groups in total. The van der Waals surface area contributed by atoms with Crippen molar-refractivity contribution in [3.05, 3.63) is 29.3 Å². The minimum absolute atomic E-state index is 0.0548. The summed E-state index contributed by atoms with van der Waals surface area (Å²) in [4.78, 5) is 25.0. The molecule has 0 aromatic heterocycles. The van der Waals surface area contributed by atoms with Crippen LogP contribution in [0, 0.1) is 11.8 Å². The van der Waals surface area contributed by atoms with Gasteiger partial charge in [-0.1, -0.05) is 19.9 Å². The van der Waals surface area contributed by atoms with Gasteiger partial charge in [0.25, 0.3) is 5.91 Å². The third-order valence-corrected chi connectivity index (χ3v) is 4.49. The summed E-state index contributed by atoms with van der Waals surface area (Å²) in [5.41, 5.74) is 1.52. The Morgan fingerprint density at radius 3 is 2.91 bits per heavy atom. The van der Waals surface area contributed by atoms with Crippen LogP contribution in [0.2, 0.25) is 0 Å². The Labute approximate surface area is 135 Å². The van der Waals surface area contributed by atoms with Crippen molar-refractivity contribution in [1.29, 1.82) is 0 Å². The van der Waals surface area contributed by atoms with Crippen molar-refractivity contribution >= 4 is 12.0 Å². The van der Waals surface area contributed by atoms with Gasteiger partial charge in [0, 0.05) is 37.0 Å². The van der Waals surface area contributed by atoms with Gasteiger partial charge in [-0.3, -0.25) is 4.79 Å². The van der Waals surface area contributed by atoms with Crippen LogP contribution in [0.25, 0.3) is 0 Å². The van der Waals surface area contributed by atoms with Crippen molar-refractivity contribution in [2.75, 3.05) is 26.2 Å². The molecule has 3 rings (SSSR count). The first kappa shape index (κ1) is 15.6. The lowest BCUT2D eigenvalue weighted by Crippen LogP contribution is -2.31. The van der Waals surface area contributed by atoms with Crippen molar-refractivity contribution in [2.45, 2.75) is 19.8 Å².